The molecule has 1 aliphatic heterocycles. The molecule has 1 fully saturated rings. The maximum absolute atomic E-state index is 12.8. The van der Waals surface area contributed by atoms with E-state index in [0.717, 1.165) is 45.5 Å². The molecule has 0 N–H and O–H groups in total. The fourth-order valence-electron chi connectivity index (χ4n) is 4.74. The van der Waals surface area contributed by atoms with Gasteiger partial charge >= 0.3 is 0 Å². The molecule has 0 saturated carbocycles. The van der Waals surface area contributed by atoms with Crippen molar-refractivity contribution >= 4 is 17.4 Å². The number of carbonyl (C=O) groups excluding carboxylic acids is 1. The SMILES string of the molecule is COc1cccc(-c2cc(N3CCN(C(=O)c4ccoc4)CC3)n3nc(-c4cccc(OC)c4)cc3n2)c1. The Bertz CT molecular complexity index is 1590. The molecule has 0 spiro atoms. The number of nitrogens with zero attached hydrogens (tertiary/aromatic N) is 5. The Morgan fingerprint density at radius 1 is 0.842 bits per heavy atom. The van der Waals surface area contributed by atoms with Gasteiger partial charge in [0.1, 0.15) is 23.6 Å². The Kier molecular flexibility index (Phi) is 6.17. The number of methoxy groups -OCH3 is 2. The lowest BCUT2D eigenvalue weighted by Crippen LogP contribution is -2.49. The molecule has 9 nitrogen and oxygen atoms in total. The first-order chi connectivity index (χ1) is 18.6. The van der Waals surface area contributed by atoms with Gasteiger partial charge < -0.3 is 23.7 Å². The summed E-state index contributed by atoms with van der Waals surface area (Å²) in [4.78, 5) is 21.9. The van der Waals surface area contributed by atoms with Crippen molar-refractivity contribution in [3.05, 3.63) is 84.8 Å². The number of piperazine rings is 1. The van der Waals surface area contributed by atoms with E-state index in [9.17, 15) is 4.79 Å². The molecule has 2 aromatic carbocycles. The number of hydrogen-bond acceptors (Lipinski definition) is 7. The molecule has 1 saturated heterocycles. The third kappa shape index (κ3) is 4.43. The summed E-state index contributed by atoms with van der Waals surface area (Å²) >= 11 is 0. The number of anilines is 1. The standard InChI is InChI=1S/C29H27N5O4/c1-36-23-7-3-5-20(15-23)25-18-28(32-10-12-33(13-11-32)29(35)22-9-14-38-19-22)34-27(30-25)17-26(31-34)21-6-4-8-24(16-21)37-2/h3-9,14-19H,10-13H2,1-2H3. The van der Waals surface area contributed by atoms with E-state index in [4.69, 9.17) is 24.0 Å². The molecule has 38 heavy (non-hydrogen) atoms. The predicted molar refractivity (Wildman–Crippen MR) is 144 cm³/mol. The summed E-state index contributed by atoms with van der Waals surface area (Å²) in [5.74, 6) is 2.43. The fourth-order valence-corrected chi connectivity index (χ4v) is 4.74. The van der Waals surface area contributed by atoms with Gasteiger partial charge in [0.2, 0.25) is 0 Å². The van der Waals surface area contributed by atoms with Crippen molar-refractivity contribution in [2.24, 2.45) is 0 Å². The lowest BCUT2D eigenvalue weighted by molar-refractivity contribution is 0.0745. The molecule has 4 heterocycles. The molecule has 0 aliphatic carbocycles. The van der Waals surface area contributed by atoms with Crippen molar-refractivity contribution in [1.29, 1.82) is 0 Å². The average molecular weight is 510 g/mol. The maximum atomic E-state index is 12.8. The molecule has 192 valence electrons. The zero-order valence-electron chi connectivity index (χ0n) is 21.2. The van der Waals surface area contributed by atoms with Crippen LogP contribution in [0, 0.1) is 0 Å². The number of aromatic nitrogens is 3. The minimum absolute atomic E-state index is 0.0188. The number of benzene rings is 2. The molecule has 0 bridgehead atoms. The normalized spacial score (nSPS) is 13.6. The molecular formula is C29H27N5O4. The second kappa shape index (κ2) is 9.93. The van der Waals surface area contributed by atoms with Crippen molar-refractivity contribution in [2.45, 2.75) is 0 Å². The van der Waals surface area contributed by atoms with Gasteiger partial charge in [0.25, 0.3) is 5.91 Å². The average Bonchev–Trinajstić information content (AvgIpc) is 3.67. The van der Waals surface area contributed by atoms with Crippen LogP contribution in [0.2, 0.25) is 0 Å². The highest BCUT2D eigenvalue weighted by atomic mass is 16.5. The summed E-state index contributed by atoms with van der Waals surface area (Å²) in [5, 5.41) is 4.94. The van der Waals surface area contributed by atoms with Crippen LogP contribution in [0.4, 0.5) is 5.82 Å². The van der Waals surface area contributed by atoms with Crippen LogP contribution in [0.3, 0.4) is 0 Å². The van der Waals surface area contributed by atoms with Crippen LogP contribution in [0.25, 0.3) is 28.2 Å². The summed E-state index contributed by atoms with van der Waals surface area (Å²) in [6, 6.07) is 21.4. The quantitative estimate of drug-likeness (QED) is 0.330. The van der Waals surface area contributed by atoms with Gasteiger partial charge in [-0.1, -0.05) is 24.3 Å². The molecule has 0 unspecified atom stereocenters. The third-order valence-corrected chi connectivity index (χ3v) is 6.80. The Morgan fingerprint density at radius 3 is 2.16 bits per heavy atom. The fraction of sp³-hybridized carbons (Fsp3) is 0.207. The molecule has 1 aliphatic rings. The molecule has 0 atom stereocenters. The van der Waals surface area contributed by atoms with Crippen molar-refractivity contribution in [2.75, 3.05) is 45.3 Å². The number of fused-ring (bicyclic) bond motifs is 1. The monoisotopic (exact) mass is 509 g/mol. The summed E-state index contributed by atoms with van der Waals surface area (Å²) in [6.07, 6.45) is 3.01. The number of rotatable bonds is 6. The minimum atomic E-state index is -0.0188. The Labute approximate surface area is 219 Å². The Balaban J connectivity index is 1.39. The summed E-state index contributed by atoms with van der Waals surface area (Å²) in [6.45, 7) is 2.50. The maximum Gasteiger partial charge on any atom is 0.257 e. The van der Waals surface area contributed by atoms with E-state index >= 15 is 0 Å². The predicted octanol–water partition coefficient (Wildman–Crippen LogP) is 4.64. The molecule has 9 heteroatoms. The number of hydrogen-bond donors (Lipinski definition) is 0. The molecule has 6 rings (SSSR count). The van der Waals surface area contributed by atoms with Gasteiger partial charge in [-0.25, -0.2) is 4.98 Å². The highest BCUT2D eigenvalue weighted by Gasteiger charge is 2.25. The highest BCUT2D eigenvalue weighted by molar-refractivity contribution is 5.94. The smallest absolute Gasteiger partial charge is 0.257 e. The number of ether oxygens (including phenoxy) is 2. The highest BCUT2D eigenvalue weighted by Crippen LogP contribution is 2.30. The van der Waals surface area contributed by atoms with Gasteiger partial charge in [-0.3, -0.25) is 4.79 Å². The minimum Gasteiger partial charge on any atom is -0.497 e. The molecular weight excluding hydrogens is 482 g/mol. The summed E-state index contributed by atoms with van der Waals surface area (Å²) in [5.41, 5.74) is 4.81. The molecule has 1 amide bonds. The second-order valence-corrected chi connectivity index (χ2v) is 9.05. The van der Waals surface area contributed by atoms with Crippen molar-refractivity contribution in [1.82, 2.24) is 19.5 Å². The molecule has 3 aromatic heterocycles. The van der Waals surface area contributed by atoms with Crippen LogP contribution in [0.5, 0.6) is 11.5 Å². The van der Waals surface area contributed by atoms with Crippen LogP contribution < -0.4 is 14.4 Å². The van der Waals surface area contributed by atoms with Crippen LogP contribution >= 0.6 is 0 Å². The van der Waals surface area contributed by atoms with Gasteiger partial charge in [-0.15, -0.1) is 0 Å². The topological polar surface area (TPSA) is 85.3 Å². The van der Waals surface area contributed by atoms with Crippen molar-refractivity contribution in [3.8, 4) is 34.0 Å². The lowest BCUT2D eigenvalue weighted by atomic mass is 10.1. The summed E-state index contributed by atoms with van der Waals surface area (Å²) < 4.78 is 17.8. The van der Waals surface area contributed by atoms with Gasteiger partial charge in [0, 0.05) is 49.4 Å². The van der Waals surface area contributed by atoms with E-state index < -0.39 is 0 Å². The zero-order chi connectivity index (χ0) is 26.1. The van der Waals surface area contributed by atoms with E-state index in [0.29, 0.717) is 31.7 Å². The summed E-state index contributed by atoms with van der Waals surface area (Å²) in [7, 11) is 3.31. The first-order valence-electron chi connectivity index (χ1n) is 12.4. The van der Waals surface area contributed by atoms with E-state index in [-0.39, 0.29) is 5.91 Å². The van der Waals surface area contributed by atoms with Crippen LogP contribution in [0.15, 0.2) is 83.7 Å². The number of carbonyl (C=O) groups is 1. The van der Waals surface area contributed by atoms with E-state index in [1.54, 1.807) is 20.3 Å². The van der Waals surface area contributed by atoms with E-state index in [2.05, 4.69) is 11.0 Å². The first kappa shape index (κ1) is 23.6. The van der Waals surface area contributed by atoms with Crippen LogP contribution in [-0.2, 0) is 0 Å². The Morgan fingerprint density at radius 2 is 1.53 bits per heavy atom. The van der Waals surface area contributed by atoms with E-state index in [1.807, 2.05) is 64.0 Å². The Hall–Kier alpha value is -4.79. The van der Waals surface area contributed by atoms with E-state index in [1.165, 1.54) is 12.5 Å². The van der Waals surface area contributed by atoms with Gasteiger partial charge in [0.05, 0.1) is 37.4 Å². The zero-order valence-corrected chi connectivity index (χ0v) is 21.2. The second-order valence-electron chi connectivity index (χ2n) is 9.05. The van der Waals surface area contributed by atoms with Crippen LogP contribution in [0.1, 0.15) is 10.4 Å². The molecule has 0 radical (unpaired) electrons. The number of furan rings is 1. The third-order valence-electron chi connectivity index (χ3n) is 6.80. The molecule has 5 aromatic rings. The lowest BCUT2D eigenvalue weighted by Gasteiger charge is -2.36. The first-order valence-corrected chi connectivity index (χ1v) is 12.4. The van der Waals surface area contributed by atoms with Gasteiger partial charge in [-0.05, 0) is 30.3 Å². The number of amides is 1. The van der Waals surface area contributed by atoms with Crippen LogP contribution in [-0.4, -0.2) is 65.8 Å². The van der Waals surface area contributed by atoms with Gasteiger partial charge in [-0.2, -0.15) is 9.61 Å². The van der Waals surface area contributed by atoms with Gasteiger partial charge in [0.15, 0.2) is 5.65 Å². The van der Waals surface area contributed by atoms with Crippen molar-refractivity contribution < 1.29 is 18.7 Å². The largest absolute Gasteiger partial charge is 0.497 e. The van der Waals surface area contributed by atoms with Crippen molar-refractivity contribution in [3.63, 3.8) is 0 Å².